The van der Waals surface area contributed by atoms with Gasteiger partial charge in [-0.2, -0.15) is 5.26 Å². The third-order valence-electron chi connectivity index (χ3n) is 2.83. The summed E-state index contributed by atoms with van der Waals surface area (Å²) in [6.45, 7) is 0.894. The molecule has 0 fully saturated rings. The van der Waals surface area contributed by atoms with E-state index in [1.54, 1.807) is 6.20 Å². The first-order chi connectivity index (χ1) is 7.90. The molecule has 1 aromatic heterocycles. The van der Waals surface area contributed by atoms with Gasteiger partial charge in [0.1, 0.15) is 23.3 Å². The normalized spacial score (nSPS) is 16.7. The van der Waals surface area contributed by atoms with E-state index in [2.05, 4.69) is 21.4 Å². The molecule has 0 radical (unpaired) electrons. The van der Waals surface area contributed by atoms with Crippen molar-refractivity contribution in [2.24, 2.45) is 0 Å². The topological polar surface area (TPSA) is 61.6 Å². The molecule has 0 aromatic carbocycles. The average Bonchev–Trinajstić information content (AvgIpc) is 2.35. The van der Waals surface area contributed by atoms with E-state index in [0.29, 0.717) is 11.4 Å². The Kier molecular flexibility index (Phi) is 3.71. The molecule has 1 aliphatic rings. The lowest BCUT2D eigenvalue weighted by Gasteiger charge is -2.06. The van der Waals surface area contributed by atoms with Crippen molar-refractivity contribution in [3.05, 3.63) is 17.6 Å². The van der Waals surface area contributed by atoms with Crippen molar-refractivity contribution in [3.8, 4) is 6.07 Å². The monoisotopic (exact) mass is 216 g/mol. The van der Waals surface area contributed by atoms with E-state index in [1.165, 1.54) is 19.3 Å². The predicted molar refractivity (Wildman–Crippen MR) is 62.0 cm³/mol. The van der Waals surface area contributed by atoms with Crippen LogP contribution in [0.25, 0.3) is 0 Å². The molecular formula is C12H16N4. The van der Waals surface area contributed by atoms with Crippen LogP contribution in [0.15, 0.2) is 6.20 Å². The molecule has 0 saturated carbocycles. The Morgan fingerprint density at radius 3 is 2.88 bits per heavy atom. The summed E-state index contributed by atoms with van der Waals surface area (Å²) < 4.78 is 0. The minimum absolute atomic E-state index is 0.544. The molecule has 0 atom stereocenters. The summed E-state index contributed by atoms with van der Waals surface area (Å²) in [7, 11) is 0. The second kappa shape index (κ2) is 5.45. The summed E-state index contributed by atoms with van der Waals surface area (Å²) in [6.07, 6.45) is 8.61. The number of hydrogen-bond acceptors (Lipinski definition) is 4. The SMILES string of the molecule is N#Cc1cnc2nc1NCCCCCCC2. The van der Waals surface area contributed by atoms with E-state index in [4.69, 9.17) is 5.26 Å². The van der Waals surface area contributed by atoms with E-state index in [0.717, 1.165) is 31.6 Å². The fourth-order valence-electron chi connectivity index (χ4n) is 1.90. The number of hydrogen-bond donors (Lipinski definition) is 1. The number of aromatic nitrogens is 2. The molecule has 0 aliphatic carbocycles. The van der Waals surface area contributed by atoms with Gasteiger partial charge in [-0.25, -0.2) is 9.97 Å². The number of anilines is 1. The third kappa shape index (κ3) is 2.69. The maximum absolute atomic E-state index is 8.94. The standard InChI is InChI=1S/C12H16N4/c13-8-10-9-15-11-6-4-2-1-3-5-7-14-12(10)16-11/h9H,1-7H2,(H,14,15,16). The fraction of sp³-hybridized carbons (Fsp3) is 0.583. The number of nitrogens with one attached hydrogen (secondary N) is 1. The Hall–Kier alpha value is -1.63. The lowest BCUT2D eigenvalue weighted by atomic mass is 10.1. The van der Waals surface area contributed by atoms with Crippen LogP contribution in [0.5, 0.6) is 0 Å². The number of nitrogens with zero attached hydrogens (tertiary/aromatic N) is 3. The van der Waals surface area contributed by atoms with Crippen molar-refractivity contribution in [1.29, 1.82) is 5.26 Å². The number of rotatable bonds is 0. The largest absolute Gasteiger partial charge is 0.369 e. The molecule has 0 amide bonds. The van der Waals surface area contributed by atoms with E-state index >= 15 is 0 Å². The quantitative estimate of drug-likeness (QED) is 0.722. The Balaban J connectivity index is 2.21. The molecular weight excluding hydrogens is 200 g/mol. The Morgan fingerprint density at radius 2 is 2.00 bits per heavy atom. The number of nitriles is 1. The van der Waals surface area contributed by atoms with Crippen LogP contribution in [0.2, 0.25) is 0 Å². The summed E-state index contributed by atoms with van der Waals surface area (Å²) in [5.74, 6) is 1.55. The van der Waals surface area contributed by atoms with E-state index < -0.39 is 0 Å². The Labute approximate surface area is 95.7 Å². The molecule has 0 saturated heterocycles. The molecule has 4 nitrogen and oxygen atoms in total. The molecule has 0 spiro atoms. The molecule has 16 heavy (non-hydrogen) atoms. The van der Waals surface area contributed by atoms with Crippen molar-refractivity contribution < 1.29 is 0 Å². The third-order valence-corrected chi connectivity index (χ3v) is 2.83. The van der Waals surface area contributed by atoms with Crippen molar-refractivity contribution in [2.45, 2.75) is 38.5 Å². The zero-order chi connectivity index (χ0) is 11.2. The highest BCUT2D eigenvalue weighted by molar-refractivity contribution is 5.50. The second-order valence-corrected chi connectivity index (χ2v) is 4.10. The Bertz CT molecular complexity index is 394. The first-order valence-electron chi connectivity index (χ1n) is 5.90. The molecule has 4 heteroatoms. The smallest absolute Gasteiger partial charge is 0.147 e. The van der Waals surface area contributed by atoms with Gasteiger partial charge in [-0.3, -0.25) is 0 Å². The summed E-state index contributed by atoms with van der Waals surface area (Å²) >= 11 is 0. The fourth-order valence-corrected chi connectivity index (χ4v) is 1.90. The van der Waals surface area contributed by atoms with Gasteiger partial charge < -0.3 is 5.32 Å². The molecule has 2 bridgehead atoms. The minimum Gasteiger partial charge on any atom is -0.369 e. The van der Waals surface area contributed by atoms with E-state index in [9.17, 15) is 0 Å². The zero-order valence-corrected chi connectivity index (χ0v) is 9.37. The maximum atomic E-state index is 8.94. The van der Waals surface area contributed by atoms with Crippen LogP contribution in [0.3, 0.4) is 0 Å². The van der Waals surface area contributed by atoms with Crippen molar-refractivity contribution in [1.82, 2.24) is 9.97 Å². The molecule has 84 valence electrons. The maximum Gasteiger partial charge on any atom is 0.147 e. The highest BCUT2D eigenvalue weighted by atomic mass is 15.0. The predicted octanol–water partition coefficient (Wildman–Crippen LogP) is 2.27. The molecule has 2 heterocycles. The summed E-state index contributed by atoms with van der Waals surface area (Å²) in [5, 5.41) is 12.2. The second-order valence-electron chi connectivity index (χ2n) is 4.10. The van der Waals surface area contributed by atoms with Crippen molar-refractivity contribution in [3.63, 3.8) is 0 Å². The highest BCUT2D eigenvalue weighted by Crippen LogP contribution is 2.14. The molecule has 0 unspecified atom stereocenters. The van der Waals surface area contributed by atoms with Crippen LogP contribution in [-0.2, 0) is 6.42 Å². The van der Waals surface area contributed by atoms with Gasteiger partial charge >= 0.3 is 0 Å². The lowest BCUT2D eigenvalue weighted by Crippen LogP contribution is -2.07. The van der Waals surface area contributed by atoms with E-state index in [-0.39, 0.29) is 0 Å². The minimum atomic E-state index is 0.544. The van der Waals surface area contributed by atoms with Crippen LogP contribution in [0, 0.1) is 11.3 Å². The van der Waals surface area contributed by atoms with Crippen LogP contribution in [0.1, 0.15) is 43.5 Å². The van der Waals surface area contributed by atoms with Crippen LogP contribution >= 0.6 is 0 Å². The van der Waals surface area contributed by atoms with Gasteiger partial charge in [0.05, 0.1) is 6.20 Å². The van der Waals surface area contributed by atoms with Crippen LogP contribution < -0.4 is 5.32 Å². The highest BCUT2D eigenvalue weighted by Gasteiger charge is 2.07. The first-order valence-corrected chi connectivity index (χ1v) is 5.90. The molecule has 1 aliphatic heterocycles. The van der Waals surface area contributed by atoms with Gasteiger partial charge in [-0.15, -0.1) is 0 Å². The average molecular weight is 216 g/mol. The summed E-state index contributed by atoms with van der Waals surface area (Å²) in [5.41, 5.74) is 0.544. The van der Waals surface area contributed by atoms with Crippen LogP contribution in [-0.4, -0.2) is 16.5 Å². The Morgan fingerprint density at radius 1 is 1.19 bits per heavy atom. The van der Waals surface area contributed by atoms with Crippen LogP contribution in [0.4, 0.5) is 5.82 Å². The van der Waals surface area contributed by atoms with E-state index in [1.807, 2.05) is 0 Å². The van der Waals surface area contributed by atoms with Gasteiger partial charge in [0.2, 0.25) is 0 Å². The molecule has 2 rings (SSSR count). The number of fused-ring (bicyclic) bond motifs is 2. The van der Waals surface area contributed by atoms with Gasteiger partial charge in [-0.05, 0) is 12.8 Å². The molecule has 1 N–H and O–H groups in total. The summed E-state index contributed by atoms with van der Waals surface area (Å²) in [6, 6.07) is 2.12. The first kappa shape index (κ1) is 10.9. The van der Waals surface area contributed by atoms with Crippen molar-refractivity contribution in [2.75, 3.05) is 11.9 Å². The van der Waals surface area contributed by atoms with Gasteiger partial charge in [0.25, 0.3) is 0 Å². The summed E-state index contributed by atoms with van der Waals surface area (Å²) in [4.78, 5) is 8.61. The van der Waals surface area contributed by atoms with Gasteiger partial charge in [0.15, 0.2) is 0 Å². The zero-order valence-electron chi connectivity index (χ0n) is 9.37. The number of aryl methyl sites for hydroxylation is 1. The van der Waals surface area contributed by atoms with Crippen molar-refractivity contribution >= 4 is 5.82 Å². The van der Waals surface area contributed by atoms with Gasteiger partial charge in [-0.1, -0.05) is 19.3 Å². The molecule has 1 aromatic rings. The van der Waals surface area contributed by atoms with Gasteiger partial charge in [0, 0.05) is 13.0 Å². The lowest BCUT2D eigenvalue weighted by molar-refractivity contribution is 0.620.